The summed E-state index contributed by atoms with van der Waals surface area (Å²) in [5.74, 6) is 0.143. The Morgan fingerprint density at radius 3 is 2.48 bits per heavy atom. The lowest BCUT2D eigenvalue weighted by Crippen LogP contribution is -2.12. The van der Waals surface area contributed by atoms with Gasteiger partial charge in [0, 0.05) is 25.4 Å². The molecule has 0 fully saturated rings. The van der Waals surface area contributed by atoms with Gasteiger partial charge in [-0.1, -0.05) is 19.1 Å². The van der Waals surface area contributed by atoms with Gasteiger partial charge >= 0.3 is 6.18 Å². The smallest absolute Gasteiger partial charge is 0.329 e. The number of hydrogen-bond acceptors (Lipinski definition) is 2. The fraction of sp³-hybridized carbons (Fsp3) is 0.333. The summed E-state index contributed by atoms with van der Waals surface area (Å²) < 4.78 is 39.1. The summed E-state index contributed by atoms with van der Waals surface area (Å²) in [4.78, 5) is 16.2. The Labute approximate surface area is 120 Å². The average Bonchev–Trinajstić information content (AvgIpc) is 2.87. The van der Waals surface area contributed by atoms with Crippen molar-refractivity contribution in [2.45, 2.75) is 32.5 Å². The van der Waals surface area contributed by atoms with Gasteiger partial charge in [-0.05, 0) is 24.1 Å². The second kappa shape index (κ2) is 6.11. The van der Waals surface area contributed by atoms with Crippen molar-refractivity contribution in [3.8, 4) is 0 Å². The highest BCUT2D eigenvalue weighted by molar-refractivity contribution is 5.94. The predicted molar refractivity (Wildman–Crippen MR) is 72.0 cm³/mol. The van der Waals surface area contributed by atoms with Gasteiger partial charge in [-0.15, -0.1) is 0 Å². The monoisotopic (exact) mass is 296 g/mol. The number of Topliss-reactive ketones (excluding diaryl/α,β-unsaturated/α-hetero) is 1. The van der Waals surface area contributed by atoms with Crippen molar-refractivity contribution in [3.05, 3.63) is 53.6 Å². The van der Waals surface area contributed by atoms with Crippen LogP contribution in [0.25, 0.3) is 0 Å². The van der Waals surface area contributed by atoms with E-state index in [1.165, 1.54) is 12.1 Å². The van der Waals surface area contributed by atoms with Crippen molar-refractivity contribution in [1.82, 2.24) is 9.55 Å². The lowest BCUT2D eigenvalue weighted by molar-refractivity contribution is -0.137. The fourth-order valence-corrected chi connectivity index (χ4v) is 2.06. The SMILES string of the molecule is CCCn1ccnc1C(=O)Cc1ccc(C(F)(F)F)cc1. The van der Waals surface area contributed by atoms with Gasteiger partial charge in [0.2, 0.25) is 5.78 Å². The van der Waals surface area contributed by atoms with Crippen LogP contribution in [-0.4, -0.2) is 15.3 Å². The summed E-state index contributed by atoms with van der Waals surface area (Å²) >= 11 is 0. The van der Waals surface area contributed by atoms with E-state index < -0.39 is 11.7 Å². The molecule has 0 aliphatic heterocycles. The zero-order valence-corrected chi connectivity index (χ0v) is 11.5. The van der Waals surface area contributed by atoms with Crippen molar-refractivity contribution in [2.75, 3.05) is 0 Å². The van der Waals surface area contributed by atoms with E-state index in [0.29, 0.717) is 17.9 Å². The summed E-state index contributed by atoms with van der Waals surface area (Å²) in [6, 6.07) is 4.63. The van der Waals surface area contributed by atoms with E-state index in [-0.39, 0.29) is 12.2 Å². The zero-order chi connectivity index (χ0) is 15.5. The quantitative estimate of drug-likeness (QED) is 0.788. The summed E-state index contributed by atoms with van der Waals surface area (Å²) in [6.07, 6.45) is -0.172. The maximum absolute atomic E-state index is 12.5. The Morgan fingerprint density at radius 1 is 1.24 bits per heavy atom. The normalized spacial score (nSPS) is 11.6. The zero-order valence-electron chi connectivity index (χ0n) is 11.5. The third kappa shape index (κ3) is 3.71. The number of ketones is 1. The predicted octanol–water partition coefficient (Wildman–Crippen LogP) is 3.74. The Bertz CT molecular complexity index is 615. The number of benzene rings is 1. The third-order valence-corrected chi connectivity index (χ3v) is 3.08. The van der Waals surface area contributed by atoms with Crippen LogP contribution in [0.15, 0.2) is 36.7 Å². The van der Waals surface area contributed by atoms with Crippen molar-refractivity contribution in [1.29, 1.82) is 0 Å². The van der Waals surface area contributed by atoms with Crippen LogP contribution in [0.1, 0.15) is 35.1 Å². The second-order valence-corrected chi connectivity index (χ2v) is 4.74. The molecule has 0 radical (unpaired) electrons. The van der Waals surface area contributed by atoms with E-state index in [1.54, 1.807) is 17.0 Å². The number of aryl methyl sites for hydroxylation is 1. The molecule has 0 saturated heterocycles. The first kappa shape index (κ1) is 15.3. The van der Waals surface area contributed by atoms with Gasteiger partial charge in [0.05, 0.1) is 5.56 Å². The molecule has 1 aromatic heterocycles. The average molecular weight is 296 g/mol. The molecule has 0 aliphatic carbocycles. The summed E-state index contributed by atoms with van der Waals surface area (Å²) in [5, 5.41) is 0. The van der Waals surface area contributed by atoms with E-state index in [4.69, 9.17) is 0 Å². The van der Waals surface area contributed by atoms with Crippen LogP contribution in [0.3, 0.4) is 0 Å². The molecule has 0 bridgehead atoms. The van der Waals surface area contributed by atoms with Gasteiger partial charge in [-0.25, -0.2) is 4.98 Å². The molecule has 1 aromatic carbocycles. The molecule has 3 nitrogen and oxygen atoms in total. The molecular formula is C15H15F3N2O. The van der Waals surface area contributed by atoms with E-state index in [9.17, 15) is 18.0 Å². The number of alkyl halides is 3. The summed E-state index contributed by atoms with van der Waals surface area (Å²) in [6.45, 7) is 2.68. The highest BCUT2D eigenvalue weighted by atomic mass is 19.4. The maximum atomic E-state index is 12.5. The van der Waals surface area contributed by atoms with Gasteiger partial charge in [-0.2, -0.15) is 13.2 Å². The molecule has 0 saturated carbocycles. The van der Waals surface area contributed by atoms with Gasteiger partial charge in [0.15, 0.2) is 5.82 Å². The van der Waals surface area contributed by atoms with Gasteiger partial charge in [-0.3, -0.25) is 4.79 Å². The number of carbonyl (C=O) groups is 1. The molecule has 21 heavy (non-hydrogen) atoms. The maximum Gasteiger partial charge on any atom is 0.416 e. The lowest BCUT2D eigenvalue weighted by Gasteiger charge is -2.08. The summed E-state index contributed by atoms with van der Waals surface area (Å²) in [7, 11) is 0. The highest BCUT2D eigenvalue weighted by Crippen LogP contribution is 2.29. The van der Waals surface area contributed by atoms with E-state index in [2.05, 4.69) is 4.98 Å². The molecule has 1 heterocycles. The van der Waals surface area contributed by atoms with Crippen LogP contribution < -0.4 is 0 Å². The van der Waals surface area contributed by atoms with Crippen molar-refractivity contribution in [2.24, 2.45) is 0 Å². The minimum atomic E-state index is -4.36. The Balaban J connectivity index is 2.11. The first-order valence-electron chi connectivity index (χ1n) is 6.62. The molecule has 0 spiro atoms. The number of imidazole rings is 1. The van der Waals surface area contributed by atoms with E-state index in [0.717, 1.165) is 18.6 Å². The number of halogens is 3. The summed E-state index contributed by atoms with van der Waals surface area (Å²) in [5.41, 5.74) is -0.176. The molecule has 0 unspecified atom stereocenters. The van der Waals surface area contributed by atoms with Gasteiger partial charge in [0.1, 0.15) is 0 Å². The second-order valence-electron chi connectivity index (χ2n) is 4.74. The minimum absolute atomic E-state index is 0.0405. The molecule has 0 atom stereocenters. The fourth-order valence-electron chi connectivity index (χ4n) is 2.06. The highest BCUT2D eigenvalue weighted by Gasteiger charge is 2.30. The number of rotatable bonds is 5. The number of aromatic nitrogens is 2. The third-order valence-electron chi connectivity index (χ3n) is 3.08. The molecule has 6 heteroatoms. The van der Waals surface area contributed by atoms with E-state index >= 15 is 0 Å². The number of carbonyl (C=O) groups excluding carboxylic acids is 1. The molecule has 0 amide bonds. The topological polar surface area (TPSA) is 34.9 Å². The molecule has 0 N–H and O–H groups in total. The molecule has 2 rings (SSSR count). The minimum Gasteiger partial charge on any atom is -0.329 e. The number of nitrogens with zero attached hydrogens (tertiary/aromatic N) is 2. The first-order valence-corrected chi connectivity index (χ1v) is 6.62. The molecular weight excluding hydrogens is 281 g/mol. The van der Waals surface area contributed by atoms with Crippen LogP contribution in [0.2, 0.25) is 0 Å². The van der Waals surface area contributed by atoms with Crippen LogP contribution in [0, 0.1) is 0 Å². The van der Waals surface area contributed by atoms with Crippen molar-refractivity contribution >= 4 is 5.78 Å². The standard InChI is InChI=1S/C15H15F3N2O/c1-2-8-20-9-7-19-14(20)13(21)10-11-3-5-12(6-4-11)15(16,17)18/h3-7,9H,2,8,10H2,1H3. The van der Waals surface area contributed by atoms with Crippen LogP contribution in [0.4, 0.5) is 13.2 Å². The van der Waals surface area contributed by atoms with Crippen LogP contribution in [-0.2, 0) is 19.1 Å². The molecule has 0 aliphatic rings. The Hall–Kier alpha value is -2.11. The van der Waals surface area contributed by atoms with Crippen LogP contribution in [0.5, 0.6) is 0 Å². The van der Waals surface area contributed by atoms with Gasteiger partial charge < -0.3 is 4.57 Å². The Kier molecular flexibility index (Phi) is 4.45. The van der Waals surface area contributed by atoms with Crippen LogP contribution >= 0.6 is 0 Å². The largest absolute Gasteiger partial charge is 0.416 e. The van der Waals surface area contributed by atoms with Crippen molar-refractivity contribution in [3.63, 3.8) is 0 Å². The molecule has 112 valence electrons. The van der Waals surface area contributed by atoms with Crippen molar-refractivity contribution < 1.29 is 18.0 Å². The number of hydrogen-bond donors (Lipinski definition) is 0. The first-order chi connectivity index (χ1) is 9.91. The Morgan fingerprint density at radius 2 is 1.90 bits per heavy atom. The lowest BCUT2D eigenvalue weighted by atomic mass is 10.1. The molecule has 2 aromatic rings. The van der Waals surface area contributed by atoms with E-state index in [1.807, 2.05) is 6.92 Å². The van der Waals surface area contributed by atoms with Gasteiger partial charge in [0.25, 0.3) is 0 Å².